The summed E-state index contributed by atoms with van der Waals surface area (Å²) in [5.41, 5.74) is -2.86. The molecular weight excluding hydrogens is 366 g/mol. The molecule has 2 aromatic heterocycles. The molecule has 130 valence electrons. The monoisotopic (exact) mass is 373 g/mol. The van der Waals surface area contributed by atoms with Crippen molar-refractivity contribution < 1.29 is 26.8 Å². The highest BCUT2D eigenvalue weighted by atomic mass is 35.5. The van der Waals surface area contributed by atoms with E-state index in [2.05, 4.69) is 0 Å². The van der Waals surface area contributed by atoms with E-state index in [0.717, 1.165) is 19.2 Å². The molecule has 3 rings (SSSR count). The van der Waals surface area contributed by atoms with E-state index in [0.29, 0.717) is 16.9 Å². The van der Waals surface area contributed by atoms with Crippen LogP contribution in [0.4, 0.5) is 17.6 Å². The topological polar surface area (TPSA) is 52.2 Å². The molecule has 0 amide bonds. The van der Waals surface area contributed by atoms with Crippen molar-refractivity contribution in [1.29, 1.82) is 0 Å². The number of halogens is 5. The Bertz CT molecular complexity index is 1070. The smallest absolute Gasteiger partial charge is 0.431 e. The highest BCUT2D eigenvalue weighted by Crippen LogP contribution is 2.37. The zero-order valence-corrected chi connectivity index (χ0v) is 13.2. The Balaban J connectivity index is 2.38. The number of nitrogens with zero attached hydrogens (tertiary/aromatic N) is 1. The van der Waals surface area contributed by atoms with Gasteiger partial charge >= 0.3 is 6.18 Å². The maximum Gasteiger partial charge on any atom is 0.431 e. The molecule has 0 N–H and O–H groups in total. The summed E-state index contributed by atoms with van der Waals surface area (Å²) in [6, 6.07) is 3.60. The van der Waals surface area contributed by atoms with Gasteiger partial charge in [-0.3, -0.25) is 9.59 Å². The van der Waals surface area contributed by atoms with Crippen molar-refractivity contribution in [2.75, 3.05) is 0 Å². The fourth-order valence-electron chi connectivity index (χ4n) is 2.59. The van der Waals surface area contributed by atoms with Crippen LogP contribution in [0.15, 0.2) is 33.5 Å². The number of rotatable bonds is 2. The number of carbonyl (C=O) groups excluding carboxylic acids is 1. The molecule has 0 saturated heterocycles. The van der Waals surface area contributed by atoms with Crippen LogP contribution >= 0.6 is 11.6 Å². The zero-order chi connectivity index (χ0) is 18.5. The van der Waals surface area contributed by atoms with E-state index < -0.39 is 23.2 Å². The number of carbonyl (C=O) groups is 1. The second-order valence-electron chi connectivity index (χ2n) is 5.22. The summed E-state index contributed by atoms with van der Waals surface area (Å²) in [6.45, 7) is 0. The Morgan fingerprint density at radius 1 is 1.24 bits per heavy atom. The summed E-state index contributed by atoms with van der Waals surface area (Å²) < 4.78 is 58.7. The molecule has 0 saturated carbocycles. The normalized spacial score (nSPS) is 11.9. The lowest BCUT2D eigenvalue weighted by Gasteiger charge is -2.13. The zero-order valence-electron chi connectivity index (χ0n) is 12.4. The van der Waals surface area contributed by atoms with Gasteiger partial charge in [-0.25, -0.2) is 4.39 Å². The maximum atomic E-state index is 14.4. The van der Waals surface area contributed by atoms with Crippen LogP contribution in [0.5, 0.6) is 0 Å². The van der Waals surface area contributed by atoms with Crippen LogP contribution in [0, 0.1) is 5.82 Å². The van der Waals surface area contributed by atoms with Crippen LogP contribution in [-0.2, 0) is 13.2 Å². The third-order valence-corrected chi connectivity index (χ3v) is 3.99. The lowest BCUT2D eigenvalue weighted by Crippen LogP contribution is -2.26. The van der Waals surface area contributed by atoms with E-state index in [9.17, 15) is 27.2 Å². The van der Waals surface area contributed by atoms with Crippen LogP contribution in [0.3, 0.4) is 0 Å². The van der Waals surface area contributed by atoms with Crippen LogP contribution in [-0.4, -0.2) is 10.9 Å². The second kappa shape index (κ2) is 5.73. The largest absolute Gasteiger partial charge is 0.452 e. The number of pyridine rings is 1. The third-order valence-electron chi connectivity index (χ3n) is 3.71. The number of furan rings is 1. The molecule has 4 nitrogen and oxygen atoms in total. The Hall–Kier alpha value is -2.61. The molecule has 0 fully saturated rings. The summed E-state index contributed by atoms with van der Waals surface area (Å²) in [4.78, 5) is 23.2. The molecule has 0 aliphatic rings. The first-order chi connectivity index (χ1) is 11.6. The van der Waals surface area contributed by atoms with Crippen molar-refractivity contribution in [1.82, 2.24) is 4.57 Å². The summed E-state index contributed by atoms with van der Waals surface area (Å²) in [7, 11) is 0.936. The lowest BCUT2D eigenvalue weighted by molar-refractivity contribution is -0.143. The Morgan fingerprint density at radius 2 is 1.92 bits per heavy atom. The first-order valence-electron chi connectivity index (χ1n) is 6.79. The Morgan fingerprint density at radius 3 is 2.52 bits per heavy atom. The second-order valence-corrected chi connectivity index (χ2v) is 5.63. The molecule has 0 spiro atoms. The van der Waals surface area contributed by atoms with Gasteiger partial charge in [-0.15, -0.1) is 0 Å². The van der Waals surface area contributed by atoms with Gasteiger partial charge in [0.2, 0.25) is 0 Å². The van der Waals surface area contributed by atoms with Crippen molar-refractivity contribution in [2.24, 2.45) is 7.05 Å². The average Bonchev–Trinajstić information content (AvgIpc) is 2.94. The molecule has 2 heterocycles. The molecule has 1 aromatic carbocycles. The number of aromatic nitrogens is 1. The summed E-state index contributed by atoms with van der Waals surface area (Å²) in [5, 5.41) is -0.114. The van der Waals surface area contributed by atoms with E-state index in [1.807, 2.05) is 0 Å². The average molecular weight is 374 g/mol. The number of fused-ring (bicyclic) bond motifs is 1. The van der Waals surface area contributed by atoms with Gasteiger partial charge in [0.05, 0.1) is 10.6 Å². The van der Waals surface area contributed by atoms with Gasteiger partial charge < -0.3 is 8.98 Å². The first-order valence-corrected chi connectivity index (χ1v) is 7.17. The SMILES string of the molecule is Cn1c(C(F)(F)F)ccc(-c2c(F)cc(Cl)c3oc(C=O)cc23)c1=O. The van der Waals surface area contributed by atoms with Gasteiger partial charge in [0.15, 0.2) is 17.6 Å². The van der Waals surface area contributed by atoms with Crippen molar-refractivity contribution >= 4 is 28.9 Å². The molecule has 25 heavy (non-hydrogen) atoms. The van der Waals surface area contributed by atoms with Gasteiger partial charge in [-0.1, -0.05) is 11.6 Å². The molecule has 0 unspecified atom stereocenters. The number of hydrogen-bond acceptors (Lipinski definition) is 3. The molecular formula is C16H8ClF4NO3. The molecule has 0 bridgehead atoms. The number of hydrogen-bond donors (Lipinski definition) is 0. The van der Waals surface area contributed by atoms with Crippen molar-refractivity contribution in [3.63, 3.8) is 0 Å². The molecule has 0 radical (unpaired) electrons. The number of benzene rings is 1. The van der Waals surface area contributed by atoms with Gasteiger partial charge in [-0.2, -0.15) is 13.2 Å². The van der Waals surface area contributed by atoms with E-state index in [4.69, 9.17) is 16.0 Å². The van der Waals surface area contributed by atoms with Crippen LogP contribution in [0.2, 0.25) is 5.02 Å². The van der Waals surface area contributed by atoms with Crippen LogP contribution in [0.1, 0.15) is 16.2 Å². The fraction of sp³-hybridized carbons (Fsp3) is 0.125. The minimum absolute atomic E-state index is 0.0176. The molecule has 0 atom stereocenters. The summed E-state index contributed by atoms with van der Waals surface area (Å²) in [5.74, 6) is -1.08. The van der Waals surface area contributed by atoms with Gasteiger partial charge in [0, 0.05) is 18.0 Å². The van der Waals surface area contributed by atoms with Crippen molar-refractivity contribution in [3.05, 3.63) is 56.9 Å². The van der Waals surface area contributed by atoms with Gasteiger partial charge in [0.25, 0.3) is 5.56 Å². The van der Waals surface area contributed by atoms with Crippen molar-refractivity contribution in [2.45, 2.75) is 6.18 Å². The number of aldehydes is 1. The molecule has 9 heteroatoms. The van der Waals surface area contributed by atoms with Crippen molar-refractivity contribution in [3.8, 4) is 11.1 Å². The minimum atomic E-state index is -4.74. The first kappa shape index (κ1) is 17.2. The predicted molar refractivity (Wildman–Crippen MR) is 82.2 cm³/mol. The highest BCUT2D eigenvalue weighted by Gasteiger charge is 2.34. The van der Waals surface area contributed by atoms with Crippen LogP contribution in [0.25, 0.3) is 22.1 Å². The summed E-state index contributed by atoms with van der Waals surface area (Å²) in [6.07, 6.45) is -4.37. The number of alkyl halides is 3. The maximum absolute atomic E-state index is 14.4. The van der Waals surface area contributed by atoms with E-state index >= 15 is 0 Å². The van der Waals surface area contributed by atoms with Gasteiger partial charge in [0.1, 0.15) is 11.5 Å². The molecule has 0 aliphatic carbocycles. The Kier molecular flexibility index (Phi) is 3.95. The predicted octanol–water partition coefficient (Wildman–Crippen LogP) is 4.42. The minimum Gasteiger partial charge on any atom is -0.452 e. The lowest BCUT2D eigenvalue weighted by atomic mass is 10.0. The Labute approximate surface area is 142 Å². The fourth-order valence-corrected chi connectivity index (χ4v) is 2.83. The van der Waals surface area contributed by atoms with Gasteiger partial charge in [-0.05, 0) is 24.3 Å². The van der Waals surface area contributed by atoms with E-state index in [-0.39, 0.29) is 32.9 Å². The van der Waals surface area contributed by atoms with E-state index in [1.165, 1.54) is 6.07 Å². The molecule has 0 aliphatic heterocycles. The standard InChI is InChI=1S/C16H8ClF4NO3/c1-22-12(16(19,20)21)3-2-8(15(22)24)13-9-4-7(6-23)25-14(9)10(17)5-11(13)18/h2-6H,1H3. The van der Waals surface area contributed by atoms with Crippen LogP contribution < -0.4 is 5.56 Å². The highest BCUT2D eigenvalue weighted by molar-refractivity contribution is 6.35. The third kappa shape index (κ3) is 2.72. The van der Waals surface area contributed by atoms with E-state index in [1.54, 1.807) is 0 Å². The quantitative estimate of drug-likeness (QED) is 0.493. The summed E-state index contributed by atoms with van der Waals surface area (Å²) >= 11 is 5.87. The molecule has 3 aromatic rings.